The van der Waals surface area contributed by atoms with Crippen LogP contribution in [0.2, 0.25) is 0 Å². The van der Waals surface area contributed by atoms with Gasteiger partial charge in [-0.05, 0) is 0 Å². The molecule has 16 heteroatoms. The van der Waals surface area contributed by atoms with E-state index in [1.807, 2.05) is 0 Å². The van der Waals surface area contributed by atoms with Crippen LogP contribution in [0.15, 0.2) is 0 Å². The van der Waals surface area contributed by atoms with Crippen molar-refractivity contribution in [2.75, 3.05) is 31.2 Å². The zero-order valence-electron chi connectivity index (χ0n) is 13.7. The van der Waals surface area contributed by atoms with E-state index in [1.54, 1.807) is 0 Å². The summed E-state index contributed by atoms with van der Waals surface area (Å²) < 4.78 is 135. The molecule has 0 aliphatic carbocycles. The molecular weight excluding hydrogens is 450 g/mol. The van der Waals surface area contributed by atoms with Gasteiger partial charge in [0, 0.05) is 13.1 Å². The van der Waals surface area contributed by atoms with Crippen molar-refractivity contribution < 1.29 is 48.6 Å². The number of aromatic nitrogens is 3. The zero-order chi connectivity index (χ0) is 21.8. The summed E-state index contributed by atoms with van der Waals surface area (Å²) in [6.45, 7) is 0.600. The predicted octanol–water partition coefficient (Wildman–Crippen LogP) is 4.23. The van der Waals surface area contributed by atoms with Crippen LogP contribution in [0.1, 0.15) is 11.5 Å². The molecule has 1 aliphatic heterocycles. The van der Waals surface area contributed by atoms with E-state index in [9.17, 15) is 43.9 Å². The summed E-state index contributed by atoms with van der Waals surface area (Å²) in [5.41, 5.74) is -3.43. The van der Waals surface area contributed by atoms with E-state index < -0.39 is 46.1 Å². The summed E-state index contributed by atoms with van der Waals surface area (Å²) in [5.74, 6) is -14.2. The highest BCUT2D eigenvalue weighted by atomic mass is 32.1. The third-order valence-electron chi connectivity index (χ3n) is 3.81. The first-order valence-corrected chi connectivity index (χ1v) is 8.39. The van der Waals surface area contributed by atoms with Crippen molar-refractivity contribution >= 4 is 26.8 Å². The summed E-state index contributed by atoms with van der Waals surface area (Å²) >= 11 is 0.228. The van der Waals surface area contributed by atoms with E-state index >= 15 is 0 Å². The molecule has 2 aromatic heterocycles. The number of thiazole rings is 1. The Morgan fingerprint density at radius 2 is 1.31 bits per heavy atom. The SMILES string of the molecule is FC(F)(F)C(F)(F)c1nc(C(F)(F)C(F)(F)F)c2sc(N3CCOCC3)nc2n1. The van der Waals surface area contributed by atoms with Gasteiger partial charge >= 0.3 is 24.2 Å². The Labute approximate surface area is 158 Å². The van der Waals surface area contributed by atoms with Crippen LogP contribution in [-0.2, 0) is 16.6 Å². The van der Waals surface area contributed by atoms with Gasteiger partial charge in [0.1, 0.15) is 10.4 Å². The molecule has 29 heavy (non-hydrogen) atoms. The van der Waals surface area contributed by atoms with Gasteiger partial charge in [0.05, 0.1) is 13.2 Å². The van der Waals surface area contributed by atoms with Crippen LogP contribution in [0.25, 0.3) is 10.3 Å². The van der Waals surface area contributed by atoms with E-state index in [4.69, 9.17) is 4.74 Å². The fraction of sp³-hybridized carbons (Fsp3) is 0.615. The maximum Gasteiger partial charge on any atom is 0.461 e. The molecule has 0 saturated carbocycles. The van der Waals surface area contributed by atoms with Gasteiger partial charge in [-0.15, -0.1) is 0 Å². The van der Waals surface area contributed by atoms with Crippen molar-refractivity contribution in [3.63, 3.8) is 0 Å². The second-order valence-electron chi connectivity index (χ2n) is 5.79. The maximum atomic E-state index is 13.9. The predicted molar refractivity (Wildman–Crippen MR) is 78.1 cm³/mol. The Kier molecular flexibility index (Phi) is 5.08. The number of halogens is 10. The minimum absolute atomic E-state index is 0.143. The number of anilines is 1. The Bertz CT molecular complexity index is 903. The molecule has 1 saturated heterocycles. The fourth-order valence-electron chi connectivity index (χ4n) is 2.32. The molecule has 0 aromatic carbocycles. The number of alkyl halides is 10. The molecule has 1 aliphatic rings. The first-order chi connectivity index (χ1) is 13.2. The van der Waals surface area contributed by atoms with Gasteiger partial charge in [-0.25, -0.2) is 9.97 Å². The monoisotopic (exact) mass is 458 g/mol. The molecule has 3 rings (SSSR count). The highest BCUT2D eigenvalue weighted by Crippen LogP contribution is 2.49. The highest BCUT2D eigenvalue weighted by molar-refractivity contribution is 7.22. The van der Waals surface area contributed by atoms with Gasteiger partial charge in [0.25, 0.3) is 0 Å². The quantitative estimate of drug-likeness (QED) is 0.645. The summed E-state index contributed by atoms with van der Waals surface area (Å²) in [7, 11) is 0. The molecule has 0 radical (unpaired) electrons. The van der Waals surface area contributed by atoms with Crippen molar-refractivity contribution in [3.05, 3.63) is 11.5 Å². The van der Waals surface area contributed by atoms with Gasteiger partial charge in [0.15, 0.2) is 10.8 Å². The van der Waals surface area contributed by atoms with E-state index in [0.29, 0.717) is 0 Å². The standard InChI is InChI=1S/C13H8F10N4OS/c14-10(15,12(18,19)20)6-5-7(25-8(24-6)11(16,17)13(21,22)23)26-9(29-5)27-1-3-28-4-2-27/h1-4H2. The number of morpholine rings is 1. The molecule has 0 amide bonds. The highest BCUT2D eigenvalue weighted by Gasteiger charge is 2.64. The van der Waals surface area contributed by atoms with Gasteiger partial charge in [-0.2, -0.15) is 48.9 Å². The lowest BCUT2D eigenvalue weighted by molar-refractivity contribution is -0.296. The lowest BCUT2D eigenvalue weighted by Crippen LogP contribution is -2.38. The third-order valence-corrected chi connectivity index (χ3v) is 4.93. The normalized spacial score (nSPS) is 17.2. The maximum absolute atomic E-state index is 13.9. The molecule has 0 unspecified atom stereocenters. The van der Waals surface area contributed by atoms with Crippen LogP contribution in [0.5, 0.6) is 0 Å². The second-order valence-corrected chi connectivity index (χ2v) is 6.77. The van der Waals surface area contributed by atoms with E-state index in [0.717, 1.165) is 0 Å². The lowest BCUT2D eigenvalue weighted by Gasteiger charge is -2.25. The van der Waals surface area contributed by atoms with Crippen molar-refractivity contribution in [2.45, 2.75) is 24.2 Å². The van der Waals surface area contributed by atoms with Gasteiger partial charge in [0.2, 0.25) is 5.82 Å². The zero-order valence-corrected chi connectivity index (χ0v) is 14.5. The van der Waals surface area contributed by atoms with Crippen LogP contribution in [0.4, 0.5) is 49.0 Å². The van der Waals surface area contributed by atoms with Crippen molar-refractivity contribution in [2.24, 2.45) is 0 Å². The number of hydrogen-bond acceptors (Lipinski definition) is 6. The Hall–Kier alpha value is -1.97. The Morgan fingerprint density at radius 3 is 1.83 bits per heavy atom. The van der Waals surface area contributed by atoms with E-state index in [2.05, 4.69) is 15.0 Å². The number of hydrogen-bond donors (Lipinski definition) is 0. The number of fused-ring (bicyclic) bond motifs is 1. The molecule has 0 N–H and O–H groups in total. The van der Waals surface area contributed by atoms with Crippen LogP contribution < -0.4 is 4.90 Å². The van der Waals surface area contributed by atoms with Crippen LogP contribution in [0.3, 0.4) is 0 Å². The smallest absolute Gasteiger partial charge is 0.378 e. The Balaban J connectivity index is 2.26. The molecule has 162 valence electrons. The van der Waals surface area contributed by atoms with Gasteiger partial charge < -0.3 is 9.64 Å². The van der Waals surface area contributed by atoms with Gasteiger partial charge in [-0.3, -0.25) is 0 Å². The molecule has 5 nitrogen and oxygen atoms in total. The molecule has 3 heterocycles. The summed E-state index contributed by atoms with van der Waals surface area (Å²) in [6, 6.07) is 0. The first-order valence-electron chi connectivity index (χ1n) is 7.57. The van der Waals surface area contributed by atoms with Gasteiger partial charge in [-0.1, -0.05) is 11.3 Å². The average molecular weight is 458 g/mol. The summed E-state index contributed by atoms with van der Waals surface area (Å²) in [5, 5.41) is -0.190. The molecule has 0 spiro atoms. The first kappa shape index (κ1) is 21.7. The molecule has 1 fully saturated rings. The molecule has 0 bridgehead atoms. The second kappa shape index (κ2) is 6.78. The fourth-order valence-corrected chi connectivity index (χ4v) is 3.40. The van der Waals surface area contributed by atoms with Crippen LogP contribution in [-0.4, -0.2) is 53.6 Å². The van der Waals surface area contributed by atoms with Crippen LogP contribution >= 0.6 is 11.3 Å². The van der Waals surface area contributed by atoms with E-state index in [1.165, 1.54) is 4.90 Å². The summed E-state index contributed by atoms with van der Waals surface area (Å²) in [6.07, 6.45) is -12.6. The van der Waals surface area contributed by atoms with Crippen molar-refractivity contribution in [1.29, 1.82) is 0 Å². The molecule has 0 atom stereocenters. The van der Waals surface area contributed by atoms with E-state index in [-0.39, 0.29) is 42.8 Å². The minimum Gasteiger partial charge on any atom is -0.378 e. The van der Waals surface area contributed by atoms with Crippen LogP contribution in [0, 0.1) is 0 Å². The van der Waals surface area contributed by atoms with Crippen molar-refractivity contribution in [1.82, 2.24) is 15.0 Å². The topological polar surface area (TPSA) is 51.1 Å². The Morgan fingerprint density at radius 1 is 0.759 bits per heavy atom. The summed E-state index contributed by atoms with van der Waals surface area (Å²) in [4.78, 5) is 10.1. The molecule has 2 aromatic rings. The average Bonchev–Trinajstić information content (AvgIpc) is 3.03. The third kappa shape index (κ3) is 3.67. The number of nitrogens with zero attached hydrogens (tertiary/aromatic N) is 4. The van der Waals surface area contributed by atoms with Crippen molar-refractivity contribution in [3.8, 4) is 0 Å². The molecular formula is C13H8F10N4OS. The minimum atomic E-state index is -6.32. The largest absolute Gasteiger partial charge is 0.461 e. The number of ether oxygens (including phenoxy) is 1. The lowest BCUT2D eigenvalue weighted by atomic mass is 10.2. The number of rotatable bonds is 3.